The van der Waals surface area contributed by atoms with Crippen molar-refractivity contribution in [2.24, 2.45) is 0 Å². The molecule has 2 heteroatoms. The Bertz CT molecular complexity index is 477. The molecule has 0 aliphatic heterocycles. The summed E-state index contributed by atoms with van der Waals surface area (Å²) in [6.45, 7) is 4.25. The van der Waals surface area contributed by atoms with Crippen LogP contribution in [0.4, 0.5) is 0 Å². The minimum absolute atomic E-state index is 0.0509. The highest BCUT2D eigenvalue weighted by Gasteiger charge is 2.20. The molecule has 0 saturated heterocycles. The molecule has 2 nitrogen and oxygen atoms in total. The second-order valence-electron chi connectivity index (χ2n) is 4.73. The van der Waals surface area contributed by atoms with Crippen molar-refractivity contribution in [3.05, 3.63) is 46.5 Å². The van der Waals surface area contributed by atoms with Gasteiger partial charge in [-0.05, 0) is 48.3 Å². The predicted octanol–water partition coefficient (Wildman–Crippen LogP) is 3.53. The third kappa shape index (κ3) is 2.28. The van der Waals surface area contributed by atoms with Crippen LogP contribution in [0.15, 0.2) is 24.3 Å². The topological polar surface area (TPSA) is 34.1 Å². The fraction of sp³-hybridized carbons (Fsp3) is 0.375. The van der Waals surface area contributed by atoms with Gasteiger partial charge in [0.15, 0.2) is 11.6 Å². The molecule has 0 aromatic heterocycles. The maximum atomic E-state index is 11.8. The minimum Gasteiger partial charge on any atom is -0.289 e. The number of allylic oxidation sites excluding steroid dienone is 2. The summed E-state index contributed by atoms with van der Waals surface area (Å²) < 4.78 is 0. The summed E-state index contributed by atoms with van der Waals surface area (Å²) in [5, 5.41) is 0. The van der Waals surface area contributed by atoms with Crippen molar-refractivity contribution < 1.29 is 9.59 Å². The molecular weight excluding hydrogens is 224 g/mol. The van der Waals surface area contributed by atoms with Crippen LogP contribution in [0.25, 0.3) is 0 Å². The van der Waals surface area contributed by atoms with Gasteiger partial charge in [0.05, 0.1) is 0 Å². The fourth-order valence-electron chi connectivity index (χ4n) is 2.43. The summed E-state index contributed by atoms with van der Waals surface area (Å²) in [6.07, 6.45) is 6.78. The maximum absolute atomic E-state index is 11.8. The number of carbonyl (C=O) groups is 2. The van der Waals surface area contributed by atoms with Gasteiger partial charge in [0.1, 0.15) is 0 Å². The van der Waals surface area contributed by atoms with E-state index in [2.05, 4.69) is 13.8 Å². The van der Waals surface area contributed by atoms with Crippen LogP contribution in [-0.2, 0) is 12.8 Å². The molecule has 94 valence electrons. The molecule has 0 bridgehead atoms. The van der Waals surface area contributed by atoms with Crippen LogP contribution in [0.3, 0.4) is 0 Å². The van der Waals surface area contributed by atoms with Crippen LogP contribution < -0.4 is 0 Å². The van der Waals surface area contributed by atoms with Crippen molar-refractivity contribution >= 4 is 11.6 Å². The van der Waals surface area contributed by atoms with E-state index in [4.69, 9.17) is 0 Å². The van der Waals surface area contributed by atoms with Gasteiger partial charge >= 0.3 is 0 Å². The summed E-state index contributed by atoms with van der Waals surface area (Å²) in [5.74, 6) is -0.102. The third-order valence-corrected chi connectivity index (χ3v) is 3.30. The molecule has 2 rings (SSSR count). The Kier molecular flexibility index (Phi) is 3.75. The van der Waals surface area contributed by atoms with E-state index in [1.54, 1.807) is 0 Å². The van der Waals surface area contributed by atoms with E-state index in [9.17, 15) is 9.59 Å². The Morgan fingerprint density at radius 3 is 1.50 bits per heavy atom. The Morgan fingerprint density at radius 1 is 0.778 bits per heavy atom. The van der Waals surface area contributed by atoms with Gasteiger partial charge in [0, 0.05) is 11.1 Å². The molecule has 0 N–H and O–H groups in total. The van der Waals surface area contributed by atoms with Crippen LogP contribution in [0.1, 0.15) is 58.5 Å². The van der Waals surface area contributed by atoms with Gasteiger partial charge in [-0.15, -0.1) is 0 Å². The van der Waals surface area contributed by atoms with E-state index >= 15 is 0 Å². The lowest BCUT2D eigenvalue weighted by Gasteiger charge is -2.15. The molecule has 1 aromatic rings. The molecule has 0 spiro atoms. The number of hydrogen-bond acceptors (Lipinski definition) is 2. The van der Waals surface area contributed by atoms with Crippen LogP contribution in [0.5, 0.6) is 0 Å². The van der Waals surface area contributed by atoms with E-state index < -0.39 is 0 Å². The molecule has 0 saturated carbocycles. The Labute approximate surface area is 108 Å². The van der Waals surface area contributed by atoms with Crippen LogP contribution in [0, 0.1) is 0 Å². The monoisotopic (exact) mass is 242 g/mol. The molecule has 0 fully saturated rings. The summed E-state index contributed by atoms with van der Waals surface area (Å²) >= 11 is 0. The van der Waals surface area contributed by atoms with Crippen molar-refractivity contribution in [3.8, 4) is 0 Å². The first-order valence-corrected chi connectivity index (χ1v) is 6.59. The highest BCUT2D eigenvalue weighted by molar-refractivity contribution is 6.22. The lowest BCUT2D eigenvalue weighted by atomic mass is 9.88. The second-order valence-corrected chi connectivity index (χ2v) is 4.73. The highest BCUT2D eigenvalue weighted by atomic mass is 16.1. The molecule has 1 aliphatic carbocycles. The van der Waals surface area contributed by atoms with Crippen LogP contribution in [-0.4, -0.2) is 11.6 Å². The third-order valence-electron chi connectivity index (χ3n) is 3.30. The lowest BCUT2D eigenvalue weighted by molar-refractivity contribution is 0.0994. The van der Waals surface area contributed by atoms with E-state index in [0.29, 0.717) is 11.1 Å². The SMILES string of the molecule is CCCc1cc2c(cc1CCC)C(=O)C=CC2=O. The van der Waals surface area contributed by atoms with Gasteiger partial charge in [-0.1, -0.05) is 26.7 Å². The molecule has 0 radical (unpaired) electrons. The number of hydrogen-bond donors (Lipinski definition) is 0. The van der Waals surface area contributed by atoms with Crippen molar-refractivity contribution in [1.29, 1.82) is 0 Å². The summed E-state index contributed by atoms with van der Waals surface area (Å²) in [6, 6.07) is 3.85. The van der Waals surface area contributed by atoms with Gasteiger partial charge in [-0.25, -0.2) is 0 Å². The molecule has 1 aliphatic rings. The normalized spacial score (nSPS) is 13.9. The molecule has 0 heterocycles. The average molecular weight is 242 g/mol. The number of aryl methyl sites for hydroxylation is 2. The fourth-order valence-corrected chi connectivity index (χ4v) is 2.43. The predicted molar refractivity (Wildman–Crippen MR) is 72.2 cm³/mol. The number of benzene rings is 1. The second kappa shape index (κ2) is 5.30. The zero-order chi connectivity index (χ0) is 13.1. The zero-order valence-corrected chi connectivity index (χ0v) is 11.0. The first kappa shape index (κ1) is 12.7. The van der Waals surface area contributed by atoms with Crippen molar-refractivity contribution in [1.82, 2.24) is 0 Å². The molecular formula is C16H18O2. The van der Waals surface area contributed by atoms with E-state index in [1.165, 1.54) is 23.3 Å². The summed E-state index contributed by atoms with van der Waals surface area (Å²) in [5.41, 5.74) is 3.58. The number of fused-ring (bicyclic) bond motifs is 1. The van der Waals surface area contributed by atoms with E-state index in [-0.39, 0.29) is 11.6 Å². The van der Waals surface area contributed by atoms with Gasteiger partial charge < -0.3 is 0 Å². The first-order valence-electron chi connectivity index (χ1n) is 6.59. The summed E-state index contributed by atoms with van der Waals surface area (Å²) in [7, 11) is 0. The van der Waals surface area contributed by atoms with Crippen LogP contribution >= 0.6 is 0 Å². The Balaban J connectivity index is 2.54. The molecule has 18 heavy (non-hydrogen) atoms. The molecule has 1 aromatic carbocycles. The van der Waals surface area contributed by atoms with Crippen molar-refractivity contribution in [2.75, 3.05) is 0 Å². The zero-order valence-electron chi connectivity index (χ0n) is 11.0. The average Bonchev–Trinajstić information content (AvgIpc) is 2.36. The maximum Gasteiger partial charge on any atom is 0.186 e. The van der Waals surface area contributed by atoms with Gasteiger partial charge in [0.25, 0.3) is 0 Å². The quantitative estimate of drug-likeness (QED) is 0.809. The van der Waals surface area contributed by atoms with E-state index in [1.807, 2.05) is 12.1 Å². The number of rotatable bonds is 4. The molecule has 0 amide bonds. The smallest absolute Gasteiger partial charge is 0.186 e. The largest absolute Gasteiger partial charge is 0.289 e. The lowest BCUT2D eigenvalue weighted by Crippen LogP contribution is -2.13. The Morgan fingerprint density at radius 2 is 1.17 bits per heavy atom. The Hall–Kier alpha value is -1.70. The van der Waals surface area contributed by atoms with Crippen molar-refractivity contribution in [3.63, 3.8) is 0 Å². The van der Waals surface area contributed by atoms with Crippen molar-refractivity contribution in [2.45, 2.75) is 39.5 Å². The molecule has 0 atom stereocenters. The van der Waals surface area contributed by atoms with Gasteiger partial charge in [-0.3, -0.25) is 9.59 Å². The summed E-state index contributed by atoms with van der Waals surface area (Å²) in [4.78, 5) is 23.6. The first-order chi connectivity index (χ1) is 8.67. The van der Waals surface area contributed by atoms with Gasteiger partial charge in [0.2, 0.25) is 0 Å². The number of carbonyl (C=O) groups excluding carboxylic acids is 2. The van der Waals surface area contributed by atoms with E-state index in [0.717, 1.165) is 25.7 Å². The standard InChI is InChI=1S/C16H18O2/c1-3-5-11-9-13-14(10-12(11)6-4-2)16(18)8-7-15(13)17/h7-10H,3-6H2,1-2H3. The number of ketones is 2. The van der Waals surface area contributed by atoms with Gasteiger partial charge in [-0.2, -0.15) is 0 Å². The minimum atomic E-state index is -0.0509. The highest BCUT2D eigenvalue weighted by Crippen LogP contribution is 2.24. The molecule has 0 unspecified atom stereocenters. The van der Waals surface area contributed by atoms with Crippen LogP contribution in [0.2, 0.25) is 0 Å².